The number of amides is 1. The van der Waals surface area contributed by atoms with Gasteiger partial charge in [-0.1, -0.05) is 19.9 Å². The fourth-order valence-electron chi connectivity index (χ4n) is 6.86. The van der Waals surface area contributed by atoms with Crippen molar-refractivity contribution in [2.75, 3.05) is 7.11 Å². The Morgan fingerprint density at radius 3 is 2.71 bits per heavy atom. The summed E-state index contributed by atoms with van der Waals surface area (Å²) in [4.78, 5) is 24.0. The lowest BCUT2D eigenvalue weighted by molar-refractivity contribution is -0.153. The highest BCUT2D eigenvalue weighted by atomic mass is 16.5. The van der Waals surface area contributed by atoms with Crippen molar-refractivity contribution in [3.05, 3.63) is 12.2 Å². The van der Waals surface area contributed by atoms with Crippen LogP contribution < -0.4 is 5.32 Å². The molecule has 4 rings (SSSR count). The first-order valence-electron chi connectivity index (χ1n) is 9.47. The van der Waals surface area contributed by atoms with E-state index >= 15 is 0 Å². The van der Waals surface area contributed by atoms with E-state index in [-0.39, 0.29) is 34.7 Å². The summed E-state index contributed by atoms with van der Waals surface area (Å²) in [5.41, 5.74) is 0.167. The Balaban J connectivity index is 1.64. The smallest absolute Gasteiger partial charge is 0.309 e. The molecule has 1 heterocycles. The normalized spacial score (nSPS) is 49.6. The number of carbonyl (C=O) groups is 2. The largest absolute Gasteiger partial charge is 0.469 e. The molecular weight excluding hydrogens is 302 g/mol. The van der Waals surface area contributed by atoms with Crippen LogP contribution in [-0.2, 0) is 14.3 Å². The maximum Gasteiger partial charge on any atom is 0.309 e. The van der Waals surface area contributed by atoms with Crippen LogP contribution >= 0.6 is 0 Å². The molecule has 1 N–H and O–H groups in total. The zero-order valence-corrected chi connectivity index (χ0v) is 15.0. The van der Waals surface area contributed by atoms with Crippen LogP contribution in [0.15, 0.2) is 12.2 Å². The zero-order valence-electron chi connectivity index (χ0n) is 15.0. The van der Waals surface area contributed by atoms with E-state index in [2.05, 4.69) is 25.2 Å². The predicted octanol–water partition coefficient (Wildman–Crippen LogP) is 3.07. The van der Waals surface area contributed by atoms with Gasteiger partial charge in [-0.2, -0.15) is 0 Å². The minimum absolute atomic E-state index is 0.0110. The lowest BCUT2D eigenvalue weighted by atomic mass is 9.48. The molecule has 0 aromatic rings. The highest BCUT2D eigenvalue weighted by molar-refractivity contribution is 5.89. The van der Waals surface area contributed by atoms with Gasteiger partial charge in [-0.25, -0.2) is 0 Å². The van der Waals surface area contributed by atoms with Gasteiger partial charge in [0.25, 0.3) is 0 Å². The van der Waals surface area contributed by atoms with Gasteiger partial charge in [0.1, 0.15) is 0 Å². The molecule has 1 amide bonds. The summed E-state index contributed by atoms with van der Waals surface area (Å²) in [7, 11) is 1.52. The minimum Gasteiger partial charge on any atom is -0.469 e. The van der Waals surface area contributed by atoms with E-state index < -0.39 is 0 Å². The quantitative estimate of drug-likeness (QED) is 0.751. The number of carbonyl (C=O) groups excluding carboxylic acids is 2. The number of rotatable bonds is 1. The monoisotopic (exact) mass is 331 g/mol. The summed E-state index contributed by atoms with van der Waals surface area (Å²) in [6.45, 7) is 4.66. The Morgan fingerprint density at radius 1 is 1.17 bits per heavy atom. The Morgan fingerprint density at radius 2 is 1.96 bits per heavy atom. The molecule has 3 saturated carbocycles. The molecule has 24 heavy (non-hydrogen) atoms. The van der Waals surface area contributed by atoms with E-state index in [1.165, 1.54) is 13.5 Å². The Labute approximate surface area is 144 Å². The third kappa shape index (κ3) is 2.04. The second-order valence-electron chi connectivity index (χ2n) is 8.91. The molecule has 0 radical (unpaired) electrons. The SMILES string of the molecule is COC(=O)C1CC[C@H]2C3CC[C@H]4NC(=O)C=C[C@]4(C)C3CC[C@]12C. The van der Waals surface area contributed by atoms with Crippen molar-refractivity contribution in [2.24, 2.45) is 34.5 Å². The molecule has 0 bridgehead atoms. The number of fused-ring (bicyclic) bond motifs is 5. The van der Waals surface area contributed by atoms with Crippen molar-refractivity contribution >= 4 is 11.9 Å². The van der Waals surface area contributed by atoms with Crippen molar-refractivity contribution in [1.29, 1.82) is 0 Å². The standard InChI is InChI=1S/C20H29NO3/c1-19-10-8-14-12(13(19)5-6-15(19)18(23)24-3)4-7-16-20(14,2)11-9-17(22)21-16/h9,11-16H,4-8,10H2,1-3H3,(H,21,22)/t12?,13-,14?,15?,16+,19-,20+/m0/s1. The van der Waals surface area contributed by atoms with Crippen LogP contribution in [0.1, 0.15) is 52.4 Å². The Kier molecular flexibility index (Phi) is 3.59. The number of hydrogen-bond acceptors (Lipinski definition) is 3. The second kappa shape index (κ2) is 5.34. The Hall–Kier alpha value is -1.32. The van der Waals surface area contributed by atoms with E-state index in [4.69, 9.17) is 4.74 Å². The van der Waals surface area contributed by atoms with E-state index in [0.29, 0.717) is 17.8 Å². The number of methoxy groups -OCH3 is 1. The summed E-state index contributed by atoms with van der Waals surface area (Å²) in [6, 6.07) is 0.276. The average Bonchev–Trinajstić information content (AvgIpc) is 2.92. The average molecular weight is 331 g/mol. The summed E-state index contributed by atoms with van der Waals surface area (Å²) in [5.74, 6) is 2.01. The van der Waals surface area contributed by atoms with Gasteiger partial charge in [-0.3, -0.25) is 9.59 Å². The molecule has 4 heteroatoms. The van der Waals surface area contributed by atoms with E-state index in [0.717, 1.165) is 32.1 Å². The molecule has 3 fully saturated rings. The molecule has 0 spiro atoms. The van der Waals surface area contributed by atoms with Crippen LogP contribution in [-0.4, -0.2) is 25.0 Å². The van der Waals surface area contributed by atoms with Crippen molar-refractivity contribution in [2.45, 2.75) is 58.4 Å². The van der Waals surface area contributed by atoms with Crippen LogP contribution in [0.25, 0.3) is 0 Å². The first-order chi connectivity index (χ1) is 11.4. The van der Waals surface area contributed by atoms with Crippen molar-refractivity contribution < 1.29 is 14.3 Å². The molecule has 3 unspecified atom stereocenters. The van der Waals surface area contributed by atoms with Gasteiger partial charge in [0.15, 0.2) is 0 Å². The van der Waals surface area contributed by atoms with Crippen LogP contribution in [0.3, 0.4) is 0 Å². The third-order valence-electron chi connectivity index (χ3n) is 8.17. The van der Waals surface area contributed by atoms with Gasteiger partial charge in [-0.05, 0) is 67.8 Å². The first kappa shape index (κ1) is 16.2. The molecule has 4 nitrogen and oxygen atoms in total. The number of esters is 1. The fourth-order valence-corrected chi connectivity index (χ4v) is 6.86. The molecule has 0 saturated heterocycles. The van der Waals surface area contributed by atoms with E-state index in [9.17, 15) is 9.59 Å². The molecule has 4 aliphatic rings. The van der Waals surface area contributed by atoms with Crippen LogP contribution in [0.4, 0.5) is 0 Å². The van der Waals surface area contributed by atoms with Gasteiger partial charge in [0, 0.05) is 11.5 Å². The van der Waals surface area contributed by atoms with Crippen molar-refractivity contribution in [3.8, 4) is 0 Å². The highest BCUT2D eigenvalue weighted by Crippen LogP contribution is 2.65. The maximum atomic E-state index is 12.3. The molecule has 0 aromatic carbocycles. The summed E-state index contributed by atoms with van der Waals surface area (Å²) in [6.07, 6.45) is 10.5. The van der Waals surface area contributed by atoms with Crippen molar-refractivity contribution in [1.82, 2.24) is 5.32 Å². The molecule has 0 aromatic heterocycles. The lowest BCUT2D eigenvalue weighted by Crippen LogP contribution is -2.59. The Bertz CT molecular complexity index is 600. The molecule has 1 aliphatic heterocycles. The summed E-state index contributed by atoms with van der Waals surface area (Å²) in [5, 5.41) is 3.20. The molecular formula is C20H29NO3. The second-order valence-corrected chi connectivity index (χ2v) is 8.91. The number of hydrogen-bond donors (Lipinski definition) is 1. The number of ether oxygens (including phenoxy) is 1. The van der Waals surface area contributed by atoms with Gasteiger partial charge in [-0.15, -0.1) is 0 Å². The van der Waals surface area contributed by atoms with Crippen LogP contribution in [0.2, 0.25) is 0 Å². The summed E-state index contributed by atoms with van der Waals surface area (Å²) < 4.78 is 5.10. The van der Waals surface area contributed by atoms with Gasteiger partial charge in [0.2, 0.25) is 5.91 Å². The minimum atomic E-state index is -0.0110. The van der Waals surface area contributed by atoms with E-state index in [1.807, 2.05) is 0 Å². The maximum absolute atomic E-state index is 12.3. The lowest BCUT2D eigenvalue weighted by Gasteiger charge is -2.58. The third-order valence-corrected chi connectivity index (χ3v) is 8.17. The van der Waals surface area contributed by atoms with E-state index in [1.54, 1.807) is 6.08 Å². The highest BCUT2D eigenvalue weighted by Gasteiger charge is 2.61. The predicted molar refractivity (Wildman–Crippen MR) is 91.0 cm³/mol. The van der Waals surface area contributed by atoms with Crippen molar-refractivity contribution in [3.63, 3.8) is 0 Å². The van der Waals surface area contributed by atoms with Crippen LogP contribution in [0.5, 0.6) is 0 Å². The van der Waals surface area contributed by atoms with Gasteiger partial charge < -0.3 is 10.1 Å². The van der Waals surface area contributed by atoms with Gasteiger partial charge >= 0.3 is 5.97 Å². The number of nitrogens with one attached hydrogen (secondary N) is 1. The first-order valence-corrected chi connectivity index (χ1v) is 9.47. The molecule has 7 atom stereocenters. The van der Waals surface area contributed by atoms with Crippen LogP contribution in [0, 0.1) is 34.5 Å². The van der Waals surface area contributed by atoms with Gasteiger partial charge in [0.05, 0.1) is 13.0 Å². The molecule has 3 aliphatic carbocycles. The zero-order chi connectivity index (χ0) is 17.1. The molecule has 132 valence electrons. The summed E-state index contributed by atoms with van der Waals surface area (Å²) >= 11 is 0. The fraction of sp³-hybridized carbons (Fsp3) is 0.800. The topological polar surface area (TPSA) is 55.4 Å².